The molecule has 0 aromatic carbocycles. The number of anilines is 1. The van der Waals surface area contributed by atoms with E-state index in [0.717, 1.165) is 24.4 Å². The van der Waals surface area contributed by atoms with Gasteiger partial charge in [0.15, 0.2) is 0 Å². The number of aromatic nitrogens is 2. The molecule has 2 aromatic rings. The van der Waals surface area contributed by atoms with Crippen LogP contribution >= 0.6 is 11.3 Å². The lowest BCUT2D eigenvalue weighted by molar-refractivity contribution is 0.215. The summed E-state index contributed by atoms with van der Waals surface area (Å²) in [6, 6.07) is 0.715. The van der Waals surface area contributed by atoms with Crippen molar-refractivity contribution in [3.63, 3.8) is 0 Å². The lowest BCUT2D eigenvalue weighted by atomic mass is 10.0. The average Bonchev–Trinajstić information content (AvgIpc) is 3.18. The first-order valence-corrected chi connectivity index (χ1v) is 8.88. The third-order valence-corrected chi connectivity index (χ3v) is 5.95. The fraction of sp³-hybridized carbons (Fsp3) is 0.625. The van der Waals surface area contributed by atoms with Gasteiger partial charge in [0.1, 0.15) is 12.1 Å². The number of thiophene rings is 1. The molecule has 0 N–H and O–H groups in total. The van der Waals surface area contributed by atoms with E-state index in [9.17, 15) is 0 Å². The van der Waals surface area contributed by atoms with Crippen molar-refractivity contribution in [2.75, 3.05) is 31.1 Å². The minimum atomic E-state index is 0.715. The fourth-order valence-corrected chi connectivity index (χ4v) is 4.75. The summed E-state index contributed by atoms with van der Waals surface area (Å²) < 4.78 is 1.26. The molecule has 4 heterocycles. The zero-order chi connectivity index (χ0) is 14.2. The van der Waals surface area contributed by atoms with Crippen molar-refractivity contribution < 1.29 is 0 Å². The topological polar surface area (TPSA) is 32.3 Å². The van der Waals surface area contributed by atoms with Crippen LogP contribution in [0.2, 0.25) is 0 Å². The Hall–Kier alpha value is -1.20. The van der Waals surface area contributed by atoms with Gasteiger partial charge >= 0.3 is 0 Å². The fourth-order valence-electron chi connectivity index (χ4n) is 3.73. The van der Waals surface area contributed by atoms with Crippen LogP contribution in [0, 0.1) is 6.92 Å². The van der Waals surface area contributed by atoms with Gasteiger partial charge in [-0.15, -0.1) is 11.3 Å². The van der Waals surface area contributed by atoms with Gasteiger partial charge in [0.2, 0.25) is 0 Å². The van der Waals surface area contributed by atoms with Crippen molar-refractivity contribution in [1.82, 2.24) is 14.9 Å². The number of hydrogen-bond donors (Lipinski definition) is 0. The largest absolute Gasteiger partial charge is 0.354 e. The summed E-state index contributed by atoms with van der Waals surface area (Å²) >= 11 is 1.79. The minimum absolute atomic E-state index is 0.715. The van der Waals surface area contributed by atoms with E-state index >= 15 is 0 Å². The maximum atomic E-state index is 4.61. The van der Waals surface area contributed by atoms with Crippen molar-refractivity contribution in [1.29, 1.82) is 0 Å². The van der Waals surface area contributed by atoms with Crippen LogP contribution in [0.4, 0.5) is 5.82 Å². The quantitative estimate of drug-likeness (QED) is 0.853. The van der Waals surface area contributed by atoms with E-state index in [-0.39, 0.29) is 0 Å². The van der Waals surface area contributed by atoms with Crippen LogP contribution in [0.5, 0.6) is 0 Å². The summed E-state index contributed by atoms with van der Waals surface area (Å²) in [5.41, 5.74) is 2.40. The normalized spacial score (nSPS) is 24.0. The van der Waals surface area contributed by atoms with E-state index in [4.69, 9.17) is 0 Å². The molecule has 0 aliphatic carbocycles. The Morgan fingerprint density at radius 3 is 2.86 bits per heavy atom. The molecular formula is C16H22N4S. The van der Waals surface area contributed by atoms with Crippen LogP contribution in [0.15, 0.2) is 11.7 Å². The molecule has 0 bridgehead atoms. The van der Waals surface area contributed by atoms with Gasteiger partial charge in [0.05, 0.1) is 10.2 Å². The number of piperidine rings is 1. The second kappa shape index (κ2) is 5.54. The number of hydrogen-bond acceptors (Lipinski definition) is 5. The summed E-state index contributed by atoms with van der Waals surface area (Å²) in [5, 5.41) is 2.20. The summed E-state index contributed by atoms with van der Waals surface area (Å²) in [4.78, 5) is 14.2. The smallest absolute Gasteiger partial charge is 0.150 e. The van der Waals surface area contributed by atoms with Crippen LogP contribution in [-0.2, 0) is 0 Å². The van der Waals surface area contributed by atoms with Crippen LogP contribution < -0.4 is 4.90 Å². The van der Waals surface area contributed by atoms with Gasteiger partial charge in [-0.05, 0) is 56.6 Å². The van der Waals surface area contributed by atoms with E-state index in [0.29, 0.717) is 6.04 Å². The third-order valence-electron chi connectivity index (χ3n) is 4.87. The lowest BCUT2D eigenvalue weighted by Gasteiger charge is -2.38. The van der Waals surface area contributed by atoms with Crippen molar-refractivity contribution in [2.24, 2.45) is 0 Å². The number of fused-ring (bicyclic) bond motifs is 1. The second-order valence-corrected chi connectivity index (χ2v) is 7.16. The monoisotopic (exact) mass is 302 g/mol. The molecule has 2 aliphatic heterocycles. The molecule has 0 spiro atoms. The number of likely N-dealkylation sites (tertiary alicyclic amines) is 1. The van der Waals surface area contributed by atoms with Crippen molar-refractivity contribution in [3.8, 4) is 0 Å². The highest BCUT2D eigenvalue weighted by Crippen LogP contribution is 2.33. The number of nitrogens with zero attached hydrogens (tertiary/aromatic N) is 4. The number of aryl methyl sites for hydroxylation is 1. The predicted molar refractivity (Wildman–Crippen MR) is 88.2 cm³/mol. The standard InChI is InChI=1S/C16H22N4S/c1-12-10-21-15-14(12)17-11-18-16(15)20-8-4-5-13(9-20)19-6-2-3-7-19/h10-11,13H,2-9H2,1H3/t13-/m0/s1. The van der Waals surface area contributed by atoms with Gasteiger partial charge in [0.25, 0.3) is 0 Å². The summed E-state index contributed by atoms with van der Waals surface area (Å²) in [5.74, 6) is 1.15. The maximum absolute atomic E-state index is 4.61. The van der Waals surface area contributed by atoms with Gasteiger partial charge in [-0.1, -0.05) is 0 Å². The van der Waals surface area contributed by atoms with Gasteiger partial charge in [-0.25, -0.2) is 9.97 Å². The Labute approximate surface area is 129 Å². The molecule has 21 heavy (non-hydrogen) atoms. The number of rotatable bonds is 2. The van der Waals surface area contributed by atoms with E-state index in [1.54, 1.807) is 17.7 Å². The average molecular weight is 302 g/mol. The van der Waals surface area contributed by atoms with Crippen LogP contribution in [0.1, 0.15) is 31.2 Å². The second-order valence-electron chi connectivity index (χ2n) is 6.28. The molecule has 2 saturated heterocycles. The molecule has 112 valence electrons. The lowest BCUT2D eigenvalue weighted by Crippen LogP contribution is -2.47. The molecule has 2 fully saturated rings. The molecule has 2 aromatic heterocycles. The van der Waals surface area contributed by atoms with Crippen molar-refractivity contribution >= 4 is 27.4 Å². The summed E-state index contributed by atoms with van der Waals surface area (Å²) in [6.07, 6.45) is 7.10. The third kappa shape index (κ3) is 2.42. The molecule has 0 saturated carbocycles. The van der Waals surface area contributed by atoms with Crippen molar-refractivity contribution in [3.05, 3.63) is 17.3 Å². The molecule has 0 amide bonds. The Kier molecular flexibility index (Phi) is 3.55. The molecule has 5 heteroatoms. The van der Waals surface area contributed by atoms with E-state index in [1.807, 2.05) is 0 Å². The first-order valence-electron chi connectivity index (χ1n) is 8.01. The minimum Gasteiger partial charge on any atom is -0.354 e. The zero-order valence-corrected chi connectivity index (χ0v) is 13.4. The van der Waals surface area contributed by atoms with Crippen molar-refractivity contribution in [2.45, 2.75) is 38.6 Å². The Morgan fingerprint density at radius 2 is 2.00 bits per heavy atom. The van der Waals surface area contributed by atoms with Crippen LogP contribution in [0.25, 0.3) is 10.2 Å². The van der Waals surface area contributed by atoms with Crippen LogP contribution in [-0.4, -0.2) is 47.1 Å². The molecule has 4 nitrogen and oxygen atoms in total. The Morgan fingerprint density at radius 1 is 1.14 bits per heavy atom. The van der Waals surface area contributed by atoms with Gasteiger partial charge in [-0.3, -0.25) is 4.90 Å². The molecule has 1 atom stereocenters. The Balaban J connectivity index is 1.62. The predicted octanol–water partition coefficient (Wildman–Crippen LogP) is 3.06. The first-order chi connectivity index (χ1) is 10.3. The molecule has 2 aliphatic rings. The molecule has 0 radical (unpaired) electrons. The SMILES string of the molecule is Cc1csc2c(N3CCC[C@H](N4CCCC4)C3)ncnc12. The maximum Gasteiger partial charge on any atom is 0.150 e. The zero-order valence-electron chi connectivity index (χ0n) is 12.6. The van der Waals surface area contributed by atoms with Gasteiger partial charge < -0.3 is 4.90 Å². The van der Waals surface area contributed by atoms with Crippen LogP contribution in [0.3, 0.4) is 0 Å². The molecule has 4 rings (SSSR count). The van der Waals surface area contributed by atoms with E-state index in [1.165, 1.54) is 49.0 Å². The van der Waals surface area contributed by atoms with Gasteiger partial charge in [-0.2, -0.15) is 0 Å². The highest BCUT2D eigenvalue weighted by Gasteiger charge is 2.28. The van der Waals surface area contributed by atoms with E-state index < -0.39 is 0 Å². The molecule has 0 unspecified atom stereocenters. The Bertz CT molecular complexity index is 632. The van der Waals surface area contributed by atoms with E-state index in [2.05, 4.69) is 32.1 Å². The summed E-state index contributed by atoms with van der Waals surface area (Å²) in [6.45, 7) is 6.97. The first kappa shape index (κ1) is 13.5. The summed E-state index contributed by atoms with van der Waals surface area (Å²) in [7, 11) is 0. The molecular weight excluding hydrogens is 280 g/mol. The van der Waals surface area contributed by atoms with Gasteiger partial charge in [0, 0.05) is 19.1 Å². The highest BCUT2D eigenvalue weighted by molar-refractivity contribution is 7.18. The highest BCUT2D eigenvalue weighted by atomic mass is 32.1.